The van der Waals surface area contributed by atoms with E-state index in [2.05, 4.69) is 253 Å². The molecule has 0 N–H and O–H groups in total. The highest BCUT2D eigenvalue weighted by molar-refractivity contribution is 7.27. The van der Waals surface area contributed by atoms with Crippen LogP contribution >= 0.6 is 22.7 Å². The Morgan fingerprint density at radius 3 is 1.80 bits per heavy atom. The van der Waals surface area contributed by atoms with Crippen LogP contribution in [0.25, 0.3) is 51.5 Å². The second-order valence-electron chi connectivity index (χ2n) is 27.0. The molecule has 0 bridgehead atoms. The summed E-state index contributed by atoms with van der Waals surface area (Å²) < 4.78 is 5.33. The monoisotopic (exact) mass is 1070 g/mol. The first-order valence-corrected chi connectivity index (χ1v) is 31.1. The van der Waals surface area contributed by atoms with E-state index in [0.29, 0.717) is 0 Å². The van der Waals surface area contributed by atoms with Crippen molar-refractivity contribution in [2.75, 3.05) is 14.7 Å². The van der Waals surface area contributed by atoms with E-state index < -0.39 is 0 Å². The standard InChI is InChI=1S/C74H68BN3S2/c1-70(2,3)46-32-35-58(52(40-46)45-22-11-10-12-23-45)77-63-42-47(78-59-28-16-15-27-53(59)73(8)36-19-20-37-74(73,78)9)41-62-66(63)75(56-34-33-51-49-25-14-18-31-65(49)80-69(51)67(56)77)57-43-54-55(72(6,7)39-38-71(54,4)5)44-61(57)76(62)60-29-21-26-50-48-24-13-17-30-64(48)79-68(50)60/h10-18,21-35,40-44H,19-20,36-39H2,1-9H3. The minimum atomic E-state index is -0.160. The van der Waals surface area contributed by atoms with Crippen LogP contribution < -0.4 is 31.1 Å². The summed E-state index contributed by atoms with van der Waals surface area (Å²) in [5.41, 5.74) is 22.4. The summed E-state index contributed by atoms with van der Waals surface area (Å²) in [7, 11) is 0. The molecular formula is C74H68BN3S2. The van der Waals surface area contributed by atoms with E-state index in [-0.39, 0.29) is 33.9 Å². The van der Waals surface area contributed by atoms with Gasteiger partial charge >= 0.3 is 0 Å². The highest BCUT2D eigenvalue weighted by Crippen LogP contribution is 2.63. The zero-order valence-electron chi connectivity index (χ0n) is 47.7. The first kappa shape index (κ1) is 48.8. The van der Waals surface area contributed by atoms with Crippen molar-refractivity contribution in [2.24, 2.45) is 0 Å². The van der Waals surface area contributed by atoms with E-state index >= 15 is 0 Å². The third-order valence-corrected chi connectivity index (χ3v) is 23.0. The molecule has 0 amide bonds. The Labute approximate surface area is 480 Å². The molecule has 11 aromatic rings. The molecule has 16 rings (SSSR count). The molecule has 2 aromatic heterocycles. The average molecular weight is 1070 g/mol. The smallest absolute Gasteiger partial charge is 0.252 e. The third-order valence-electron chi connectivity index (χ3n) is 20.6. The van der Waals surface area contributed by atoms with E-state index in [9.17, 15) is 0 Å². The summed E-state index contributed by atoms with van der Waals surface area (Å²) in [6, 6.07) is 69.3. The number of fused-ring (bicyclic) bond motifs is 15. The second kappa shape index (κ2) is 16.7. The lowest BCUT2D eigenvalue weighted by atomic mass is 9.33. The van der Waals surface area contributed by atoms with Crippen molar-refractivity contribution in [3.63, 3.8) is 0 Å². The third kappa shape index (κ3) is 6.61. The average Bonchev–Trinajstić information content (AvgIpc) is 3.77. The number of anilines is 8. The SMILES string of the molecule is CC(C)(C)c1ccc(N2c3cc(N4c5ccccc5C5(C)CCCCC45C)cc4c3B(c3cc5c(cc3N4c3cccc4c3sc3ccccc34)C(C)(C)CCC5(C)C)c3ccc4c(sc5ccccc54)c32)c(-c2ccccc2)c1. The molecule has 2 aliphatic carbocycles. The highest BCUT2D eigenvalue weighted by atomic mass is 32.1. The van der Waals surface area contributed by atoms with Gasteiger partial charge in [-0.05, 0) is 148 Å². The molecule has 6 heteroatoms. The van der Waals surface area contributed by atoms with Crippen LogP contribution in [0.2, 0.25) is 0 Å². The summed E-state index contributed by atoms with van der Waals surface area (Å²) in [4.78, 5) is 8.39. The van der Waals surface area contributed by atoms with Crippen LogP contribution in [0.15, 0.2) is 176 Å². The maximum Gasteiger partial charge on any atom is 0.252 e. The molecule has 1 saturated carbocycles. The Balaban J connectivity index is 1.11. The fraction of sp³-hybridized carbons (Fsp3) is 0.270. The zero-order valence-corrected chi connectivity index (χ0v) is 49.4. The quantitative estimate of drug-likeness (QED) is 0.163. The van der Waals surface area contributed by atoms with E-state index in [4.69, 9.17) is 0 Å². The van der Waals surface area contributed by atoms with Crippen LogP contribution in [-0.2, 0) is 21.7 Å². The molecule has 394 valence electrons. The topological polar surface area (TPSA) is 9.72 Å². The molecule has 5 heterocycles. The number of hydrogen-bond donors (Lipinski definition) is 0. The molecule has 0 radical (unpaired) electrons. The number of nitrogens with zero attached hydrogens (tertiary/aromatic N) is 3. The van der Waals surface area contributed by atoms with Crippen molar-refractivity contribution in [1.82, 2.24) is 0 Å². The Morgan fingerprint density at radius 2 is 1.06 bits per heavy atom. The first-order chi connectivity index (χ1) is 38.5. The van der Waals surface area contributed by atoms with Gasteiger partial charge in [0.05, 0.1) is 32.0 Å². The van der Waals surface area contributed by atoms with Gasteiger partial charge < -0.3 is 14.7 Å². The van der Waals surface area contributed by atoms with Crippen molar-refractivity contribution in [2.45, 2.75) is 128 Å². The van der Waals surface area contributed by atoms with Gasteiger partial charge in [0.2, 0.25) is 0 Å². The Hall–Kier alpha value is -7.12. The van der Waals surface area contributed by atoms with Crippen LogP contribution in [-0.4, -0.2) is 12.3 Å². The van der Waals surface area contributed by atoms with Gasteiger partial charge in [0.25, 0.3) is 6.71 Å². The summed E-state index contributed by atoms with van der Waals surface area (Å²) in [6.45, 7) is 22.2. The van der Waals surface area contributed by atoms with Gasteiger partial charge in [-0.2, -0.15) is 0 Å². The van der Waals surface area contributed by atoms with E-state index in [0.717, 1.165) is 19.3 Å². The Bertz CT molecular complexity index is 4440. The predicted molar refractivity (Wildman–Crippen MR) is 348 cm³/mol. The van der Waals surface area contributed by atoms with Crippen molar-refractivity contribution in [1.29, 1.82) is 0 Å². The molecule has 3 nitrogen and oxygen atoms in total. The van der Waals surface area contributed by atoms with Gasteiger partial charge in [-0.25, -0.2) is 0 Å². The van der Waals surface area contributed by atoms with Crippen molar-refractivity contribution in [3.05, 3.63) is 198 Å². The lowest BCUT2D eigenvalue weighted by Crippen LogP contribution is -2.62. The maximum atomic E-state index is 2.84. The summed E-state index contributed by atoms with van der Waals surface area (Å²) in [5.74, 6) is 0. The van der Waals surface area contributed by atoms with Gasteiger partial charge in [0, 0.05) is 70.4 Å². The molecule has 2 atom stereocenters. The fourth-order valence-electron chi connectivity index (χ4n) is 16.0. The van der Waals surface area contributed by atoms with E-state index in [1.54, 1.807) is 0 Å². The second-order valence-corrected chi connectivity index (χ2v) is 29.1. The molecule has 0 spiro atoms. The molecule has 80 heavy (non-hydrogen) atoms. The summed E-state index contributed by atoms with van der Waals surface area (Å²) in [5, 5.41) is 5.29. The lowest BCUT2D eigenvalue weighted by molar-refractivity contribution is 0.195. The van der Waals surface area contributed by atoms with Crippen molar-refractivity contribution in [3.8, 4) is 11.1 Å². The van der Waals surface area contributed by atoms with Crippen molar-refractivity contribution < 1.29 is 0 Å². The van der Waals surface area contributed by atoms with E-state index in [1.807, 2.05) is 22.7 Å². The van der Waals surface area contributed by atoms with Gasteiger partial charge in [-0.3, -0.25) is 0 Å². The molecular weight excluding hydrogens is 1010 g/mol. The van der Waals surface area contributed by atoms with Gasteiger partial charge in [0.1, 0.15) is 0 Å². The number of benzene rings is 9. The zero-order chi connectivity index (χ0) is 54.4. The molecule has 1 fully saturated rings. The minimum Gasteiger partial charge on any atom is -0.334 e. The van der Waals surface area contributed by atoms with E-state index in [1.165, 1.54) is 155 Å². The molecule has 2 unspecified atom stereocenters. The Kier molecular flexibility index (Phi) is 10.2. The predicted octanol–water partition coefficient (Wildman–Crippen LogP) is 19.6. The van der Waals surface area contributed by atoms with Gasteiger partial charge in [-0.1, -0.05) is 190 Å². The molecule has 0 saturated heterocycles. The number of hydrogen-bond acceptors (Lipinski definition) is 5. The lowest BCUT2D eigenvalue weighted by Gasteiger charge is -2.51. The van der Waals surface area contributed by atoms with Crippen molar-refractivity contribution >= 4 is 132 Å². The fourth-order valence-corrected chi connectivity index (χ4v) is 18.5. The van der Waals surface area contributed by atoms with Crippen LogP contribution in [0, 0.1) is 0 Å². The van der Waals surface area contributed by atoms with Crippen LogP contribution in [0.5, 0.6) is 0 Å². The van der Waals surface area contributed by atoms with Gasteiger partial charge in [0.15, 0.2) is 0 Å². The molecule has 5 aliphatic rings. The largest absolute Gasteiger partial charge is 0.334 e. The first-order valence-electron chi connectivity index (χ1n) is 29.5. The normalized spacial score (nSPS) is 20.5. The van der Waals surface area contributed by atoms with Crippen LogP contribution in [0.4, 0.5) is 45.5 Å². The number of para-hydroxylation sites is 1. The van der Waals surface area contributed by atoms with Crippen LogP contribution in [0.1, 0.15) is 123 Å². The molecule has 3 aliphatic heterocycles. The Morgan fingerprint density at radius 1 is 0.450 bits per heavy atom. The molecule has 9 aromatic carbocycles. The summed E-state index contributed by atoms with van der Waals surface area (Å²) in [6.07, 6.45) is 7.06. The van der Waals surface area contributed by atoms with Crippen LogP contribution in [0.3, 0.4) is 0 Å². The number of rotatable bonds is 4. The number of thiophene rings is 2. The van der Waals surface area contributed by atoms with Gasteiger partial charge in [-0.15, -0.1) is 22.7 Å². The maximum absolute atomic E-state index is 2.84. The minimum absolute atomic E-state index is 0.000675. The summed E-state index contributed by atoms with van der Waals surface area (Å²) >= 11 is 3.92. The highest BCUT2D eigenvalue weighted by Gasteiger charge is 2.58.